The Morgan fingerprint density at radius 2 is 1.92 bits per heavy atom. The molecule has 1 aliphatic rings. The number of para-hydroxylation sites is 1. The number of rotatable bonds is 4. The highest BCUT2D eigenvalue weighted by molar-refractivity contribution is 6.09. The van der Waals surface area contributed by atoms with E-state index in [2.05, 4.69) is 16.0 Å². The van der Waals surface area contributed by atoms with Crippen molar-refractivity contribution in [3.8, 4) is 0 Å². The van der Waals surface area contributed by atoms with Gasteiger partial charge < -0.3 is 16.0 Å². The fourth-order valence-electron chi connectivity index (χ4n) is 3.01. The first kappa shape index (κ1) is 17.2. The van der Waals surface area contributed by atoms with Gasteiger partial charge in [-0.25, -0.2) is 0 Å². The van der Waals surface area contributed by atoms with Gasteiger partial charge in [0.25, 0.3) is 11.8 Å². The van der Waals surface area contributed by atoms with E-state index in [1.54, 1.807) is 24.3 Å². The molecule has 0 spiro atoms. The van der Waals surface area contributed by atoms with Crippen molar-refractivity contribution in [2.45, 2.75) is 25.8 Å². The fraction of sp³-hybridized carbons (Fsp3) is 0.300. The maximum absolute atomic E-state index is 12.6. The summed E-state index contributed by atoms with van der Waals surface area (Å²) in [6.45, 7) is 3.72. The van der Waals surface area contributed by atoms with Crippen LogP contribution >= 0.6 is 0 Å². The lowest BCUT2D eigenvalue weighted by Crippen LogP contribution is -2.45. The van der Waals surface area contributed by atoms with Crippen molar-refractivity contribution in [3.63, 3.8) is 0 Å². The van der Waals surface area contributed by atoms with Crippen LogP contribution in [0.4, 0.5) is 5.69 Å². The maximum atomic E-state index is 12.6. The van der Waals surface area contributed by atoms with Crippen LogP contribution in [0.25, 0.3) is 0 Å². The first-order valence-corrected chi connectivity index (χ1v) is 8.62. The predicted molar refractivity (Wildman–Crippen MR) is 98.9 cm³/mol. The minimum atomic E-state index is -0.219. The lowest BCUT2D eigenvalue weighted by atomic mass is 10.1. The lowest BCUT2D eigenvalue weighted by Gasteiger charge is -2.24. The van der Waals surface area contributed by atoms with Gasteiger partial charge >= 0.3 is 0 Å². The van der Waals surface area contributed by atoms with Crippen molar-refractivity contribution in [1.29, 1.82) is 0 Å². The van der Waals surface area contributed by atoms with E-state index < -0.39 is 0 Å². The molecule has 3 N–H and O–H groups in total. The smallest absolute Gasteiger partial charge is 0.255 e. The average molecular weight is 337 g/mol. The van der Waals surface area contributed by atoms with Gasteiger partial charge in [-0.1, -0.05) is 29.8 Å². The van der Waals surface area contributed by atoms with Crippen LogP contribution in [0.2, 0.25) is 0 Å². The van der Waals surface area contributed by atoms with Crippen LogP contribution in [0.1, 0.15) is 39.1 Å². The molecule has 2 amide bonds. The third-order valence-corrected chi connectivity index (χ3v) is 4.33. The van der Waals surface area contributed by atoms with Crippen LogP contribution < -0.4 is 16.0 Å². The Hall–Kier alpha value is -2.66. The molecular weight excluding hydrogens is 314 g/mol. The van der Waals surface area contributed by atoms with Crippen molar-refractivity contribution < 1.29 is 9.59 Å². The molecule has 5 heteroatoms. The molecule has 0 saturated carbocycles. The van der Waals surface area contributed by atoms with E-state index in [4.69, 9.17) is 0 Å². The largest absolute Gasteiger partial charge is 0.348 e. The van der Waals surface area contributed by atoms with E-state index >= 15 is 0 Å². The van der Waals surface area contributed by atoms with E-state index in [9.17, 15) is 9.59 Å². The summed E-state index contributed by atoms with van der Waals surface area (Å²) in [5.41, 5.74) is 2.60. The molecule has 0 bridgehead atoms. The molecule has 3 rings (SSSR count). The number of carbonyl (C=O) groups is 2. The third kappa shape index (κ3) is 4.45. The number of nitrogens with one attached hydrogen (secondary N) is 3. The summed E-state index contributed by atoms with van der Waals surface area (Å²) in [6.07, 6.45) is 2.02. The summed E-state index contributed by atoms with van der Waals surface area (Å²) in [4.78, 5) is 25.1. The topological polar surface area (TPSA) is 70.2 Å². The SMILES string of the molecule is Cc1cccc(C(=O)Nc2ccccc2C(=O)NC2CCCNC2)c1. The zero-order valence-corrected chi connectivity index (χ0v) is 14.3. The van der Waals surface area contributed by atoms with Gasteiger partial charge in [0.1, 0.15) is 0 Å². The van der Waals surface area contributed by atoms with Crippen LogP contribution in [-0.4, -0.2) is 30.9 Å². The summed E-state index contributed by atoms with van der Waals surface area (Å²) >= 11 is 0. The molecule has 130 valence electrons. The highest BCUT2D eigenvalue weighted by Crippen LogP contribution is 2.17. The standard InChI is InChI=1S/C20H23N3O2/c1-14-6-4-7-15(12-14)19(24)23-18-10-3-2-9-17(18)20(25)22-16-8-5-11-21-13-16/h2-4,6-7,9-10,12,16,21H,5,8,11,13H2,1H3,(H,22,25)(H,23,24). The number of piperidine rings is 1. The van der Waals surface area contributed by atoms with Gasteiger partial charge in [-0.3, -0.25) is 9.59 Å². The van der Waals surface area contributed by atoms with Gasteiger partial charge in [0.2, 0.25) is 0 Å². The van der Waals surface area contributed by atoms with Gasteiger partial charge in [0, 0.05) is 18.2 Å². The molecule has 25 heavy (non-hydrogen) atoms. The molecular formula is C20H23N3O2. The van der Waals surface area contributed by atoms with E-state index in [1.807, 2.05) is 31.2 Å². The Bertz CT molecular complexity index is 767. The summed E-state index contributed by atoms with van der Waals surface area (Å²) in [5, 5.41) is 9.18. The molecule has 0 radical (unpaired) electrons. The van der Waals surface area contributed by atoms with E-state index in [-0.39, 0.29) is 17.9 Å². The number of carbonyl (C=O) groups excluding carboxylic acids is 2. The minimum Gasteiger partial charge on any atom is -0.348 e. The van der Waals surface area contributed by atoms with Crippen molar-refractivity contribution in [1.82, 2.24) is 10.6 Å². The molecule has 1 fully saturated rings. The quantitative estimate of drug-likeness (QED) is 0.803. The Morgan fingerprint density at radius 3 is 2.68 bits per heavy atom. The number of amides is 2. The fourth-order valence-corrected chi connectivity index (χ4v) is 3.01. The molecule has 0 aromatic heterocycles. The first-order valence-electron chi connectivity index (χ1n) is 8.62. The van der Waals surface area contributed by atoms with Crippen molar-refractivity contribution in [2.75, 3.05) is 18.4 Å². The third-order valence-electron chi connectivity index (χ3n) is 4.33. The van der Waals surface area contributed by atoms with Crippen LogP contribution in [0.15, 0.2) is 48.5 Å². The monoisotopic (exact) mass is 337 g/mol. The molecule has 2 aromatic rings. The summed E-state index contributed by atoms with van der Waals surface area (Å²) in [5.74, 6) is -0.378. The van der Waals surface area contributed by atoms with Gasteiger partial charge in [-0.2, -0.15) is 0 Å². The normalized spacial score (nSPS) is 16.9. The van der Waals surface area contributed by atoms with Gasteiger partial charge in [-0.15, -0.1) is 0 Å². The molecule has 1 heterocycles. The first-order chi connectivity index (χ1) is 12.1. The highest BCUT2D eigenvalue weighted by Gasteiger charge is 2.19. The number of benzene rings is 2. The molecule has 1 saturated heterocycles. The summed E-state index contributed by atoms with van der Waals surface area (Å²) < 4.78 is 0. The molecule has 1 aliphatic heterocycles. The van der Waals surface area contributed by atoms with Crippen molar-refractivity contribution in [2.24, 2.45) is 0 Å². The molecule has 5 nitrogen and oxygen atoms in total. The van der Waals surface area contributed by atoms with E-state index in [0.29, 0.717) is 16.8 Å². The summed E-state index contributed by atoms with van der Waals surface area (Å²) in [6, 6.07) is 14.6. The van der Waals surface area contributed by atoms with Crippen molar-refractivity contribution in [3.05, 3.63) is 65.2 Å². The number of aryl methyl sites for hydroxylation is 1. The maximum Gasteiger partial charge on any atom is 0.255 e. The van der Waals surface area contributed by atoms with E-state index in [1.165, 1.54) is 0 Å². The Balaban J connectivity index is 1.74. The lowest BCUT2D eigenvalue weighted by molar-refractivity contribution is 0.0931. The zero-order valence-electron chi connectivity index (χ0n) is 14.3. The van der Waals surface area contributed by atoms with Crippen LogP contribution in [0.3, 0.4) is 0 Å². The van der Waals surface area contributed by atoms with Gasteiger partial charge in [0.05, 0.1) is 11.3 Å². The number of anilines is 1. The second-order valence-corrected chi connectivity index (χ2v) is 6.39. The van der Waals surface area contributed by atoms with E-state index in [0.717, 1.165) is 31.5 Å². The second kappa shape index (κ2) is 7.94. The Morgan fingerprint density at radius 1 is 1.08 bits per heavy atom. The average Bonchev–Trinajstić information content (AvgIpc) is 2.63. The minimum absolute atomic E-state index is 0.127. The molecule has 1 unspecified atom stereocenters. The Kier molecular flexibility index (Phi) is 5.46. The number of hydrogen-bond donors (Lipinski definition) is 3. The second-order valence-electron chi connectivity index (χ2n) is 6.39. The van der Waals surface area contributed by atoms with Crippen LogP contribution in [0, 0.1) is 6.92 Å². The predicted octanol–water partition coefficient (Wildman–Crippen LogP) is 2.73. The van der Waals surface area contributed by atoms with Gasteiger partial charge in [-0.05, 0) is 50.6 Å². The summed E-state index contributed by atoms with van der Waals surface area (Å²) in [7, 11) is 0. The molecule has 2 aromatic carbocycles. The van der Waals surface area contributed by atoms with Crippen LogP contribution in [-0.2, 0) is 0 Å². The highest BCUT2D eigenvalue weighted by atomic mass is 16.2. The molecule has 1 atom stereocenters. The zero-order chi connectivity index (χ0) is 17.6. The van der Waals surface area contributed by atoms with Crippen LogP contribution in [0.5, 0.6) is 0 Å². The Labute approximate surface area is 147 Å². The number of hydrogen-bond acceptors (Lipinski definition) is 3. The van der Waals surface area contributed by atoms with Gasteiger partial charge in [0.15, 0.2) is 0 Å². The van der Waals surface area contributed by atoms with Crippen molar-refractivity contribution >= 4 is 17.5 Å². The molecule has 0 aliphatic carbocycles.